The molecule has 0 aliphatic heterocycles. The molecular weight excluding hydrogens is 603 g/mol. The Morgan fingerprint density at radius 1 is 0.300 bits per heavy atom. The molecule has 0 amide bonds. The summed E-state index contributed by atoms with van der Waals surface area (Å²) in [6, 6.07) is 70.6. The van der Waals surface area contributed by atoms with E-state index in [1.165, 1.54) is 71.3 Å². The van der Waals surface area contributed by atoms with Gasteiger partial charge in [-0.05, 0) is 109 Å². The molecule has 236 valence electrons. The Hall–Kier alpha value is -6.44. The monoisotopic (exact) mass is 637 g/mol. The summed E-state index contributed by atoms with van der Waals surface area (Å²) >= 11 is 0. The molecule has 0 radical (unpaired) electrons. The first kappa shape index (κ1) is 29.7. The van der Waals surface area contributed by atoms with E-state index in [9.17, 15) is 0 Å². The Bertz CT molecular complexity index is 2620. The number of aryl methyl sites for hydroxylation is 1. The van der Waals surface area contributed by atoms with Crippen LogP contribution in [0.1, 0.15) is 5.56 Å². The lowest BCUT2D eigenvalue weighted by molar-refractivity contribution is 1.29. The largest absolute Gasteiger partial charge is 0.310 e. The van der Waals surface area contributed by atoms with E-state index in [0.717, 1.165) is 17.1 Å². The van der Waals surface area contributed by atoms with Crippen molar-refractivity contribution < 1.29 is 0 Å². The van der Waals surface area contributed by atoms with Gasteiger partial charge in [-0.15, -0.1) is 0 Å². The van der Waals surface area contributed by atoms with Gasteiger partial charge < -0.3 is 4.90 Å². The van der Waals surface area contributed by atoms with Gasteiger partial charge >= 0.3 is 0 Å². The minimum absolute atomic E-state index is 1.11. The fourth-order valence-electron chi connectivity index (χ4n) is 7.50. The summed E-state index contributed by atoms with van der Waals surface area (Å²) in [4.78, 5) is 2.40. The van der Waals surface area contributed by atoms with Crippen LogP contribution in [0, 0.1) is 6.92 Å². The van der Waals surface area contributed by atoms with E-state index < -0.39 is 0 Å². The van der Waals surface area contributed by atoms with Crippen molar-refractivity contribution in [1.82, 2.24) is 0 Å². The molecule has 0 N–H and O–H groups in total. The lowest BCUT2D eigenvalue weighted by Crippen LogP contribution is -2.10. The first-order valence-corrected chi connectivity index (χ1v) is 17.3. The second kappa shape index (κ2) is 12.5. The van der Waals surface area contributed by atoms with Gasteiger partial charge in [0.1, 0.15) is 0 Å². The third kappa shape index (κ3) is 5.30. The molecule has 0 unspecified atom stereocenters. The van der Waals surface area contributed by atoms with Gasteiger partial charge in [-0.3, -0.25) is 0 Å². The van der Waals surface area contributed by atoms with Crippen LogP contribution < -0.4 is 4.90 Å². The van der Waals surface area contributed by atoms with Crippen LogP contribution in [0.15, 0.2) is 194 Å². The van der Waals surface area contributed by atoms with Crippen molar-refractivity contribution in [1.29, 1.82) is 0 Å². The zero-order valence-corrected chi connectivity index (χ0v) is 27.9. The van der Waals surface area contributed by atoms with Gasteiger partial charge in [0, 0.05) is 17.1 Å². The van der Waals surface area contributed by atoms with Crippen molar-refractivity contribution in [2.24, 2.45) is 0 Å². The van der Waals surface area contributed by atoms with Gasteiger partial charge in [-0.2, -0.15) is 0 Å². The van der Waals surface area contributed by atoms with E-state index in [0.29, 0.717) is 0 Å². The van der Waals surface area contributed by atoms with Crippen LogP contribution in [-0.4, -0.2) is 0 Å². The van der Waals surface area contributed by atoms with Crippen molar-refractivity contribution in [2.45, 2.75) is 6.92 Å². The Balaban J connectivity index is 1.33. The fraction of sp³-hybridized carbons (Fsp3) is 0.0204. The van der Waals surface area contributed by atoms with Crippen LogP contribution in [0.2, 0.25) is 0 Å². The quantitative estimate of drug-likeness (QED) is 0.164. The van der Waals surface area contributed by atoms with Crippen LogP contribution in [0.5, 0.6) is 0 Å². The molecule has 0 spiro atoms. The summed E-state index contributed by atoms with van der Waals surface area (Å²) in [6.45, 7) is 2.19. The molecule has 0 atom stereocenters. The highest BCUT2D eigenvalue weighted by atomic mass is 15.1. The Kier molecular flexibility index (Phi) is 7.44. The molecule has 0 fully saturated rings. The number of fused-ring (bicyclic) bond motifs is 3. The van der Waals surface area contributed by atoms with Crippen LogP contribution in [0.25, 0.3) is 65.7 Å². The van der Waals surface area contributed by atoms with E-state index >= 15 is 0 Å². The number of nitrogens with zero attached hydrogens (tertiary/aromatic N) is 1. The molecule has 1 heteroatoms. The first-order chi connectivity index (χ1) is 24.7. The molecule has 0 aliphatic rings. The van der Waals surface area contributed by atoms with Crippen molar-refractivity contribution in [3.05, 3.63) is 200 Å². The second-order valence-corrected chi connectivity index (χ2v) is 13.0. The van der Waals surface area contributed by atoms with Crippen molar-refractivity contribution in [3.63, 3.8) is 0 Å². The van der Waals surface area contributed by atoms with Gasteiger partial charge in [-0.25, -0.2) is 0 Å². The molecule has 0 heterocycles. The number of hydrogen-bond donors (Lipinski definition) is 0. The first-order valence-electron chi connectivity index (χ1n) is 17.3. The van der Waals surface area contributed by atoms with Crippen LogP contribution >= 0.6 is 0 Å². The lowest BCUT2D eigenvalue weighted by Gasteiger charge is -2.27. The lowest BCUT2D eigenvalue weighted by atomic mass is 9.85. The highest BCUT2D eigenvalue weighted by Gasteiger charge is 2.20. The average molecular weight is 638 g/mol. The zero-order chi connectivity index (χ0) is 33.4. The molecule has 1 nitrogen and oxygen atoms in total. The van der Waals surface area contributed by atoms with Gasteiger partial charge in [0.05, 0.1) is 0 Å². The maximum atomic E-state index is 2.41. The Labute approximate surface area is 293 Å². The molecular formula is C49H35N. The maximum absolute atomic E-state index is 2.41. The maximum Gasteiger partial charge on any atom is 0.0468 e. The third-order valence-electron chi connectivity index (χ3n) is 9.86. The van der Waals surface area contributed by atoms with E-state index in [1.807, 2.05) is 0 Å². The molecule has 0 bridgehead atoms. The average Bonchev–Trinajstić information content (AvgIpc) is 3.18. The zero-order valence-electron chi connectivity index (χ0n) is 27.9. The standard InChI is InChI=1S/C49H35N/c1-34-21-29-44-46(31-34)48(38-16-7-3-8-17-38)45-30-28-43(33-47(45)49(44)39-18-9-4-10-19-39)50(42-27-24-36-15-11-12-20-40(36)32-42)41-25-22-37(23-26-41)35-13-5-2-6-14-35/h2-33H,1H3. The summed E-state index contributed by atoms with van der Waals surface area (Å²) in [7, 11) is 0. The minimum Gasteiger partial charge on any atom is -0.310 e. The molecule has 9 rings (SSSR count). The van der Waals surface area contributed by atoms with Gasteiger partial charge in [0.15, 0.2) is 0 Å². The van der Waals surface area contributed by atoms with Crippen molar-refractivity contribution in [2.75, 3.05) is 4.90 Å². The third-order valence-corrected chi connectivity index (χ3v) is 9.86. The van der Waals surface area contributed by atoms with E-state index in [-0.39, 0.29) is 0 Å². The number of rotatable bonds is 6. The van der Waals surface area contributed by atoms with Gasteiger partial charge in [0.25, 0.3) is 0 Å². The van der Waals surface area contributed by atoms with Crippen LogP contribution in [-0.2, 0) is 0 Å². The molecule has 0 saturated heterocycles. The number of benzene rings is 9. The van der Waals surface area contributed by atoms with E-state index in [2.05, 4.69) is 206 Å². The van der Waals surface area contributed by atoms with E-state index in [1.54, 1.807) is 0 Å². The highest BCUT2D eigenvalue weighted by Crippen LogP contribution is 2.46. The predicted molar refractivity (Wildman–Crippen MR) is 215 cm³/mol. The van der Waals surface area contributed by atoms with Crippen molar-refractivity contribution in [3.8, 4) is 33.4 Å². The number of hydrogen-bond acceptors (Lipinski definition) is 1. The predicted octanol–water partition coefficient (Wildman–Crippen LogP) is 13.9. The number of anilines is 3. The summed E-state index contributed by atoms with van der Waals surface area (Å²) < 4.78 is 0. The molecule has 50 heavy (non-hydrogen) atoms. The Morgan fingerprint density at radius 2 is 0.760 bits per heavy atom. The van der Waals surface area contributed by atoms with Crippen molar-refractivity contribution >= 4 is 49.4 Å². The normalized spacial score (nSPS) is 11.3. The Morgan fingerprint density at radius 3 is 1.40 bits per heavy atom. The summed E-state index contributed by atoms with van der Waals surface area (Å²) in [5.41, 5.74) is 12.0. The molecule has 0 saturated carbocycles. The highest BCUT2D eigenvalue weighted by molar-refractivity contribution is 6.22. The van der Waals surface area contributed by atoms with Gasteiger partial charge in [0.2, 0.25) is 0 Å². The SMILES string of the molecule is Cc1ccc2c(-c3ccccc3)c3cc(N(c4ccc(-c5ccccc5)cc4)c4ccc5ccccc5c4)ccc3c(-c3ccccc3)c2c1. The smallest absolute Gasteiger partial charge is 0.0468 e. The topological polar surface area (TPSA) is 3.24 Å². The molecule has 0 aliphatic carbocycles. The van der Waals surface area contributed by atoms with Crippen LogP contribution in [0.4, 0.5) is 17.1 Å². The molecule has 0 aromatic heterocycles. The fourth-order valence-corrected chi connectivity index (χ4v) is 7.50. The summed E-state index contributed by atoms with van der Waals surface area (Å²) in [6.07, 6.45) is 0. The summed E-state index contributed by atoms with van der Waals surface area (Å²) in [5.74, 6) is 0. The second-order valence-electron chi connectivity index (χ2n) is 13.0. The minimum atomic E-state index is 1.11. The molecule has 9 aromatic rings. The van der Waals surface area contributed by atoms with Gasteiger partial charge in [-0.1, -0.05) is 163 Å². The van der Waals surface area contributed by atoms with E-state index in [4.69, 9.17) is 0 Å². The molecule has 9 aromatic carbocycles. The van der Waals surface area contributed by atoms with Crippen LogP contribution in [0.3, 0.4) is 0 Å². The summed E-state index contributed by atoms with van der Waals surface area (Å²) in [5, 5.41) is 7.46.